The van der Waals surface area contributed by atoms with Crippen molar-refractivity contribution in [3.8, 4) is 56.0 Å². The number of pyridine rings is 2. The molecule has 214 valence electrons. The van der Waals surface area contributed by atoms with Crippen LogP contribution in [-0.4, -0.2) is 9.97 Å². The third-order valence-corrected chi connectivity index (χ3v) is 9.11. The van der Waals surface area contributed by atoms with Gasteiger partial charge in [0.05, 0.1) is 17.1 Å². The Morgan fingerprint density at radius 2 is 0.826 bits per heavy atom. The van der Waals surface area contributed by atoms with Gasteiger partial charge in [0.1, 0.15) is 0 Å². The van der Waals surface area contributed by atoms with Crippen LogP contribution < -0.4 is 0 Å². The van der Waals surface area contributed by atoms with Gasteiger partial charge in [-0.2, -0.15) is 0 Å². The first-order chi connectivity index (χ1) is 22.8. The summed E-state index contributed by atoms with van der Waals surface area (Å²) in [5.41, 5.74) is 11.1. The number of hydrogen-bond donors (Lipinski definition) is 0. The second-order valence-electron chi connectivity index (χ2n) is 11.8. The maximum Gasteiger partial charge on any atom is 0.0709 e. The van der Waals surface area contributed by atoms with Crippen molar-refractivity contribution in [2.45, 2.75) is 0 Å². The Morgan fingerprint density at radius 3 is 1.41 bits per heavy atom. The minimum atomic E-state index is 0.969. The first-order valence-corrected chi connectivity index (χ1v) is 15.7. The van der Waals surface area contributed by atoms with E-state index in [1.54, 1.807) is 0 Å². The first kappa shape index (κ1) is 26.3. The molecule has 2 aromatic heterocycles. The number of aromatic nitrogens is 2. The molecule has 0 aliphatic rings. The topological polar surface area (TPSA) is 25.8 Å². The molecule has 2 nitrogen and oxygen atoms in total. The molecule has 0 aliphatic heterocycles. The summed E-state index contributed by atoms with van der Waals surface area (Å²) in [4.78, 5) is 9.55. The Balaban J connectivity index is 1.20. The minimum absolute atomic E-state index is 0.969. The van der Waals surface area contributed by atoms with E-state index >= 15 is 0 Å². The van der Waals surface area contributed by atoms with Gasteiger partial charge in [0.15, 0.2) is 0 Å². The van der Waals surface area contributed by atoms with Gasteiger partial charge in [0.25, 0.3) is 0 Å². The Morgan fingerprint density at radius 1 is 0.326 bits per heavy atom. The second-order valence-corrected chi connectivity index (χ2v) is 11.8. The molecule has 0 unspecified atom stereocenters. The van der Waals surface area contributed by atoms with Gasteiger partial charge in [-0.3, -0.25) is 4.98 Å². The van der Waals surface area contributed by atoms with Crippen LogP contribution >= 0.6 is 0 Å². The summed E-state index contributed by atoms with van der Waals surface area (Å²) in [5, 5.41) is 7.72. The van der Waals surface area contributed by atoms with Crippen molar-refractivity contribution >= 4 is 32.3 Å². The summed E-state index contributed by atoms with van der Waals surface area (Å²) in [5.74, 6) is 0. The summed E-state index contributed by atoms with van der Waals surface area (Å²) in [6, 6.07) is 58.4. The van der Waals surface area contributed by atoms with Crippen LogP contribution in [0.4, 0.5) is 0 Å². The van der Waals surface area contributed by atoms with E-state index in [0.717, 1.165) is 33.8 Å². The highest BCUT2D eigenvalue weighted by Crippen LogP contribution is 2.44. The molecule has 0 spiro atoms. The summed E-state index contributed by atoms with van der Waals surface area (Å²) >= 11 is 0. The molecule has 2 heteroatoms. The average molecular weight is 585 g/mol. The van der Waals surface area contributed by atoms with Crippen molar-refractivity contribution in [2.75, 3.05) is 0 Å². The van der Waals surface area contributed by atoms with Crippen LogP contribution in [0.3, 0.4) is 0 Å². The molecular formula is C44H28N2. The molecule has 0 bridgehead atoms. The monoisotopic (exact) mass is 584 g/mol. The Bertz CT molecular complexity index is 2470. The first-order valence-electron chi connectivity index (χ1n) is 15.7. The quantitative estimate of drug-likeness (QED) is 0.188. The zero-order valence-electron chi connectivity index (χ0n) is 25.1. The highest BCUT2D eigenvalue weighted by Gasteiger charge is 2.17. The average Bonchev–Trinajstić information content (AvgIpc) is 3.14. The maximum absolute atomic E-state index is 5.00. The Kier molecular flexibility index (Phi) is 6.17. The molecule has 7 aromatic carbocycles. The van der Waals surface area contributed by atoms with Gasteiger partial charge in [-0.25, -0.2) is 4.98 Å². The smallest absolute Gasteiger partial charge is 0.0709 e. The van der Waals surface area contributed by atoms with Gasteiger partial charge in [0, 0.05) is 22.9 Å². The summed E-state index contributed by atoms with van der Waals surface area (Å²) in [6.45, 7) is 0. The van der Waals surface area contributed by atoms with Crippen molar-refractivity contribution in [1.29, 1.82) is 0 Å². The van der Waals surface area contributed by atoms with Gasteiger partial charge < -0.3 is 0 Å². The van der Waals surface area contributed by atoms with Crippen molar-refractivity contribution in [2.24, 2.45) is 0 Å². The normalized spacial score (nSPS) is 11.5. The van der Waals surface area contributed by atoms with E-state index in [4.69, 9.17) is 4.98 Å². The lowest BCUT2D eigenvalue weighted by Crippen LogP contribution is -1.92. The Hall–Kier alpha value is -6.12. The molecule has 9 aromatic rings. The second kappa shape index (κ2) is 10.8. The number of benzene rings is 7. The molecule has 46 heavy (non-hydrogen) atoms. The highest BCUT2D eigenvalue weighted by molar-refractivity contribution is 6.28. The molecular weight excluding hydrogens is 556 g/mol. The largest absolute Gasteiger partial charge is 0.256 e. The molecule has 2 heterocycles. The summed E-state index contributed by atoms with van der Waals surface area (Å²) in [6.07, 6.45) is 1.85. The molecule has 0 saturated heterocycles. The van der Waals surface area contributed by atoms with Gasteiger partial charge in [-0.15, -0.1) is 0 Å². The van der Waals surface area contributed by atoms with Crippen LogP contribution in [0.1, 0.15) is 0 Å². The molecule has 0 aliphatic carbocycles. The fourth-order valence-electron chi connectivity index (χ4n) is 6.85. The standard InChI is InChI=1S/C44H28N2/c1-2-8-31(9-3-1)41-13-7-14-42(46-41)33-21-17-30(18-22-33)39-28-38(29-15-19-32(20-16-29)40-12-4-5-27-45-40)36-25-23-34-10-6-11-35-24-26-37(39)44(36)43(34)35/h1-28H. The number of nitrogens with zero attached hydrogens (tertiary/aromatic N) is 2. The fourth-order valence-corrected chi connectivity index (χ4v) is 6.85. The predicted octanol–water partition coefficient (Wildman–Crippen LogP) is 11.7. The molecule has 0 radical (unpaired) electrons. The zero-order chi connectivity index (χ0) is 30.5. The third kappa shape index (κ3) is 4.43. The van der Waals surface area contributed by atoms with E-state index in [9.17, 15) is 0 Å². The molecule has 0 saturated carbocycles. The van der Waals surface area contributed by atoms with Gasteiger partial charge in [-0.05, 0) is 84.9 Å². The van der Waals surface area contributed by atoms with Crippen LogP contribution in [0.5, 0.6) is 0 Å². The van der Waals surface area contributed by atoms with Crippen molar-refractivity contribution in [3.05, 3.63) is 170 Å². The van der Waals surface area contributed by atoms with Crippen molar-refractivity contribution in [1.82, 2.24) is 9.97 Å². The minimum Gasteiger partial charge on any atom is -0.256 e. The number of rotatable bonds is 5. The van der Waals surface area contributed by atoms with Crippen LogP contribution in [-0.2, 0) is 0 Å². The molecule has 0 amide bonds. The molecule has 9 rings (SSSR count). The highest BCUT2D eigenvalue weighted by atomic mass is 14.7. The van der Waals surface area contributed by atoms with Crippen LogP contribution in [0, 0.1) is 0 Å². The zero-order valence-corrected chi connectivity index (χ0v) is 25.1. The third-order valence-electron chi connectivity index (χ3n) is 9.11. The van der Waals surface area contributed by atoms with Crippen LogP contribution in [0.25, 0.3) is 88.3 Å². The van der Waals surface area contributed by atoms with Crippen molar-refractivity contribution < 1.29 is 0 Å². The molecule has 0 atom stereocenters. The van der Waals surface area contributed by atoms with Gasteiger partial charge in [0.2, 0.25) is 0 Å². The lowest BCUT2D eigenvalue weighted by Gasteiger charge is -2.18. The van der Waals surface area contributed by atoms with Crippen LogP contribution in [0.2, 0.25) is 0 Å². The van der Waals surface area contributed by atoms with E-state index in [1.165, 1.54) is 54.6 Å². The van der Waals surface area contributed by atoms with E-state index in [1.807, 2.05) is 24.4 Å². The van der Waals surface area contributed by atoms with E-state index in [0.29, 0.717) is 0 Å². The van der Waals surface area contributed by atoms with E-state index in [-0.39, 0.29) is 0 Å². The Labute approximate surface area is 267 Å². The van der Waals surface area contributed by atoms with Gasteiger partial charge >= 0.3 is 0 Å². The van der Waals surface area contributed by atoms with Crippen molar-refractivity contribution in [3.63, 3.8) is 0 Å². The summed E-state index contributed by atoms with van der Waals surface area (Å²) in [7, 11) is 0. The molecule has 0 fully saturated rings. The number of hydrogen-bond acceptors (Lipinski definition) is 2. The lowest BCUT2D eigenvalue weighted by molar-refractivity contribution is 1.32. The van der Waals surface area contributed by atoms with E-state index in [2.05, 4.69) is 151 Å². The predicted molar refractivity (Wildman–Crippen MR) is 193 cm³/mol. The van der Waals surface area contributed by atoms with E-state index < -0.39 is 0 Å². The molecule has 0 N–H and O–H groups in total. The van der Waals surface area contributed by atoms with Gasteiger partial charge in [-0.1, -0.05) is 133 Å². The maximum atomic E-state index is 5.00. The SMILES string of the molecule is c1ccc(-c2cccc(-c3ccc(-c4cc(-c5ccc(-c6ccccn6)cc5)c5ccc6cccc7ccc4c5c67)cc3)n2)cc1. The lowest BCUT2D eigenvalue weighted by atomic mass is 9.85. The summed E-state index contributed by atoms with van der Waals surface area (Å²) < 4.78 is 0. The fraction of sp³-hybridized carbons (Fsp3) is 0. The van der Waals surface area contributed by atoms with Crippen LogP contribution in [0.15, 0.2) is 170 Å².